The molecule has 0 bridgehead atoms. The smallest absolute Gasteiger partial charge is 0.311 e. The molecule has 1 aromatic carbocycles. The van der Waals surface area contributed by atoms with Crippen LogP contribution in [-0.4, -0.2) is 18.4 Å². The third-order valence-electron chi connectivity index (χ3n) is 3.69. The zero-order valence-electron chi connectivity index (χ0n) is 12.7. The van der Waals surface area contributed by atoms with Crippen LogP contribution in [0.4, 0.5) is 0 Å². The maximum Gasteiger partial charge on any atom is 0.311 e. The fraction of sp³-hybridized carbons (Fsp3) is 0.529. The lowest BCUT2D eigenvalue weighted by molar-refractivity contribution is -0.136. The number of ether oxygens (including phenoxy) is 2. The molecule has 0 unspecified atom stereocenters. The van der Waals surface area contributed by atoms with Crippen LogP contribution in [0.5, 0.6) is 11.5 Å². The van der Waals surface area contributed by atoms with Crippen LogP contribution in [0.15, 0.2) is 18.2 Å². The number of unbranched alkanes of at least 4 members (excludes halogenated alkanes) is 1. The first kappa shape index (κ1) is 15.5. The molecule has 0 aromatic heterocycles. The molecule has 1 heterocycles. The molecule has 0 amide bonds. The summed E-state index contributed by atoms with van der Waals surface area (Å²) in [5.41, 5.74) is 0.908. The van der Waals surface area contributed by atoms with E-state index in [-0.39, 0.29) is 24.1 Å². The van der Waals surface area contributed by atoms with Crippen molar-refractivity contribution < 1.29 is 19.1 Å². The summed E-state index contributed by atoms with van der Waals surface area (Å²) in [7, 11) is 0. The molecule has 1 aliphatic rings. The van der Waals surface area contributed by atoms with Crippen LogP contribution in [0.25, 0.3) is 0 Å². The summed E-state index contributed by atoms with van der Waals surface area (Å²) in [5.74, 6) is 1.13. The van der Waals surface area contributed by atoms with Crippen molar-refractivity contribution in [1.29, 1.82) is 0 Å². The Morgan fingerprint density at radius 1 is 1.38 bits per heavy atom. The van der Waals surface area contributed by atoms with Gasteiger partial charge in [0, 0.05) is 24.3 Å². The van der Waals surface area contributed by atoms with Crippen molar-refractivity contribution in [1.82, 2.24) is 0 Å². The van der Waals surface area contributed by atoms with Gasteiger partial charge in [-0.3, -0.25) is 9.59 Å². The summed E-state index contributed by atoms with van der Waals surface area (Å²) < 4.78 is 10.9. The number of benzene rings is 1. The maximum atomic E-state index is 11.7. The average Bonchev–Trinajstić information content (AvgIpc) is 2.47. The Kier molecular flexibility index (Phi) is 5.37. The third-order valence-corrected chi connectivity index (χ3v) is 3.69. The number of hydrogen-bond acceptors (Lipinski definition) is 4. The highest BCUT2D eigenvalue weighted by Gasteiger charge is 2.28. The quantitative estimate of drug-likeness (QED) is 0.437. The Bertz CT molecular complexity index is 522. The molecule has 1 aromatic rings. The fourth-order valence-electron chi connectivity index (χ4n) is 2.44. The summed E-state index contributed by atoms with van der Waals surface area (Å²) in [6, 6.07) is 5.48. The van der Waals surface area contributed by atoms with Crippen LogP contribution in [0, 0.1) is 0 Å². The van der Waals surface area contributed by atoms with E-state index in [1.165, 1.54) is 0 Å². The summed E-state index contributed by atoms with van der Waals surface area (Å²) in [4.78, 5) is 23.3. The van der Waals surface area contributed by atoms with Gasteiger partial charge in [-0.1, -0.05) is 20.3 Å². The molecule has 114 valence electrons. The summed E-state index contributed by atoms with van der Waals surface area (Å²) in [6.07, 6.45) is 3.22. The first-order chi connectivity index (χ1) is 10.1. The average molecular weight is 290 g/mol. The highest BCUT2D eigenvalue weighted by molar-refractivity contribution is 5.82. The second kappa shape index (κ2) is 7.25. The van der Waals surface area contributed by atoms with Crippen molar-refractivity contribution in [2.75, 3.05) is 6.61 Å². The Labute approximate surface area is 125 Å². The van der Waals surface area contributed by atoms with Crippen molar-refractivity contribution in [2.45, 2.75) is 51.9 Å². The van der Waals surface area contributed by atoms with Gasteiger partial charge >= 0.3 is 5.97 Å². The van der Waals surface area contributed by atoms with Crippen LogP contribution in [0.2, 0.25) is 0 Å². The van der Waals surface area contributed by atoms with E-state index in [0.29, 0.717) is 25.2 Å². The van der Waals surface area contributed by atoms with E-state index in [0.717, 1.165) is 24.2 Å². The molecule has 0 saturated heterocycles. The Morgan fingerprint density at radius 2 is 2.19 bits per heavy atom. The molecule has 0 saturated carbocycles. The molecule has 21 heavy (non-hydrogen) atoms. The van der Waals surface area contributed by atoms with E-state index in [4.69, 9.17) is 9.47 Å². The second-order valence-corrected chi connectivity index (χ2v) is 5.37. The minimum atomic E-state index is -0.268. The number of carbonyl (C=O) groups excluding carboxylic acids is 2. The molecule has 4 heteroatoms. The minimum Gasteiger partial charge on any atom is -0.494 e. The Morgan fingerprint density at radius 3 is 2.90 bits per heavy atom. The number of esters is 1. The van der Waals surface area contributed by atoms with Crippen molar-refractivity contribution in [3.05, 3.63) is 23.8 Å². The second-order valence-electron chi connectivity index (χ2n) is 5.37. The predicted molar refractivity (Wildman–Crippen MR) is 79.8 cm³/mol. The van der Waals surface area contributed by atoms with Crippen LogP contribution in [0.3, 0.4) is 0 Å². The molecule has 2 rings (SSSR count). The van der Waals surface area contributed by atoms with Gasteiger partial charge in [0.1, 0.15) is 17.3 Å². The lowest BCUT2D eigenvalue weighted by atomic mass is 9.88. The van der Waals surface area contributed by atoms with Crippen molar-refractivity contribution in [3.8, 4) is 11.5 Å². The van der Waals surface area contributed by atoms with Gasteiger partial charge in [0.25, 0.3) is 0 Å². The zero-order chi connectivity index (χ0) is 15.2. The van der Waals surface area contributed by atoms with Gasteiger partial charge in [-0.25, -0.2) is 0 Å². The van der Waals surface area contributed by atoms with Gasteiger partial charge < -0.3 is 9.47 Å². The number of rotatable bonds is 7. The highest BCUT2D eigenvalue weighted by atomic mass is 16.5. The summed E-state index contributed by atoms with van der Waals surface area (Å²) in [5, 5.41) is 0. The first-order valence-corrected chi connectivity index (χ1v) is 7.63. The fourth-order valence-corrected chi connectivity index (χ4v) is 2.44. The Balaban J connectivity index is 2.18. The lowest BCUT2D eigenvalue weighted by Gasteiger charge is -2.24. The monoisotopic (exact) mass is 290 g/mol. The van der Waals surface area contributed by atoms with E-state index < -0.39 is 0 Å². The van der Waals surface area contributed by atoms with Crippen molar-refractivity contribution in [3.63, 3.8) is 0 Å². The molecule has 0 radical (unpaired) electrons. The Hall–Kier alpha value is -1.84. The molecule has 0 fully saturated rings. The SMILES string of the molecule is CCCCOc1ccc2c(c1)[C@@H](CC(=O)CC)CC(=O)O2. The van der Waals surface area contributed by atoms with Gasteiger partial charge in [-0.05, 0) is 24.6 Å². The molecule has 0 spiro atoms. The summed E-state index contributed by atoms with van der Waals surface area (Å²) in [6.45, 7) is 4.63. The minimum absolute atomic E-state index is 0.0941. The van der Waals surface area contributed by atoms with E-state index in [1.807, 2.05) is 19.1 Å². The van der Waals surface area contributed by atoms with Crippen molar-refractivity contribution >= 4 is 11.8 Å². The van der Waals surface area contributed by atoms with Gasteiger partial charge in [-0.15, -0.1) is 0 Å². The van der Waals surface area contributed by atoms with E-state index >= 15 is 0 Å². The molecular formula is C17H22O4. The molecule has 0 aliphatic carbocycles. The van der Waals surface area contributed by atoms with E-state index in [9.17, 15) is 9.59 Å². The van der Waals surface area contributed by atoms with Crippen LogP contribution in [0.1, 0.15) is 57.4 Å². The topological polar surface area (TPSA) is 52.6 Å². The summed E-state index contributed by atoms with van der Waals surface area (Å²) >= 11 is 0. The van der Waals surface area contributed by atoms with Crippen LogP contribution >= 0.6 is 0 Å². The third kappa shape index (κ3) is 4.06. The molecule has 1 atom stereocenters. The standard InChI is InChI=1S/C17H22O4/c1-3-5-8-20-14-6-7-16-15(11-14)12(9-13(18)4-2)10-17(19)21-16/h6-7,11-12H,3-5,8-10H2,1-2H3/t12-/m0/s1. The van der Waals surface area contributed by atoms with Gasteiger partial charge in [0.15, 0.2) is 0 Å². The van der Waals surface area contributed by atoms with Crippen molar-refractivity contribution in [2.24, 2.45) is 0 Å². The maximum absolute atomic E-state index is 11.7. The van der Waals surface area contributed by atoms with Crippen LogP contribution in [-0.2, 0) is 9.59 Å². The van der Waals surface area contributed by atoms with E-state index in [1.54, 1.807) is 6.07 Å². The number of Topliss-reactive ketones (excluding diaryl/α,β-unsaturated/α-hetero) is 1. The highest BCUT2D eigenvalue weighted by Crippen LogP contribution is 2.38. The molecular weight excluding hydrogens is 268 g/mol. The van der Waals surface area contributed by atoms with Gasteiger partial charge in [0.2, 0.25) is 0 Å². The largest absolute Gasteiger partial charge is 0.494 e. The number of ketones is 1. The number of carbonyl (C=O) groups is 2. The number of hydrogen-bond donors (Lipinski definition) is 0. The van der Waals surface area contributed by atoms with Gasteiger partial charge in [-0.2, -0.15) is 0 Å². The molecule has 0 N–H and O–H groups in total. The van der Waals surface area contributed by atoms with Gasteiger partial charge in [0.05, 0.1) is 13.0 Å². The number of fused-ring (bicyclic) bond motifs is 1. The predicted octanol–water partition coefficient (Wildman–Crippen LogP) is 3.63. The normalized spacial score (nSPS) is 17.0. The lowest BCUT2D eigenvalue weighted by Crippen LogP contribution is -2.22. The van der Waals surface area contributed by atoms with Crippen LogP contribution < -0.4 is 9.47 Å². The molecule has 4 nitrogen and oxygen atoms in total. The van der Waals surface area contributed by atoms with E-state index in [2.05, 4.69) is 6.92 Å². The first-order valence-electron chi connectivity index (χ1n) is 7.63. The zero-order valence-corrected chi connectivity index (χ0v) is 12.7. The molecule has 1 aliphatic heterocycles.